The average molecular weight is 270 g/mol. The van der Waals surface area contributed by atoms with E-state index in [0.29, 0.717) is 5.82 Å². The standard InChI is InChI=1S/C16H22N4/c1-2-13-14(19-16(18)20-15(13)17)11-7-6-10-12-8-4-3-5-9-12/h3-5,8-9H,2,6-7,10-11H2,1H3,(H4,17,18,19,20). The van der Waals surface area contributed by atoms with Gasteiger partial charge in [0, 0.05) is 5.56 Å². The van der Waals surface area contributed by atoms with Gasteiger partial charge in [0.15, 0.2) is 0 Å². The molecule has 0 saturated heterocycles. The molecule has 2 rings (SSSR count). The molecule has 1 aromatic carbocycles. The van der Waals surface area contributed by atoms with Crippen molar-refractivity contribution in [3.05, 3.63) is 47.2 Å². The monoisotopic (exact) mass is 270 g/mol. The molecule has 4 nitrogen and oxygen atoms in total. The van der Waals surface area contributed by atoms with Crippen LogP contribution in [0, 0.1) is 0 Å². The zero-order valence-corrected chi connectivity index (χ0v) is 12.0. The Morgan fingerprint density at radius 2 is 1.65 bits per heavy atom. The number of nitrogen functional groups attached to an aromatic ring is 2. The minimum absolute atomic E-state index is 0.276. The van der Waals surface area contributed by atoms with Gasteiger partial charge in [-0.25, -0.2) is 4.98 Å². The zero-order chi connectivity index (χ0) is 14.4. The van der Waals surface area contributed by atoms with Crippen LogP contribution in [-0.2, 0) is 19.3 Å². The summed E-state index contributed by atoms with van der Waals surface area (Å²) in [6.07, 6.45) is 5.07. The predicted octanol–water partition coefficient (Wildman–Crippen LogP) is 2.77. The van der Waals surface area contributed by atoms with Crippen LogP contribution in [0.25, 0.3) is 0 Å². The minimum Gasteiger partial charge on any atom is -0.383 e. The van der Waals surface area contributed by atoms with E-state index in [9.17, 15) is 0 Å². The molecule has 0 saturated carbocycles. The topological polar surface area (TPSA) is 77.8 Å². The Bertz CT molecular complexity index is 552. The lowest BCUT2D eigenvalue weighted by molar-refractivity contribution is 0.716. The minimum atomic E-state index is 0.276. The normalized spacial score (nSPS) is 10.7. The first-order chi connectivity index (χ1) is 9.70. The molecule has 0 amide bonds. The van der Waals surface area contributed by atoms with Gasteiger partial charge in [0.05, 0.1) is 5.69 Å². The van der Waals surface area contributed by atoms with Crippen molar-refractivity contribution >= 4 is 11.8 Å². The third-order valence-electron chi connectivity index (χ3n) is 3.47. The van der Waals surface area contributed by atoms with Gasteiger partial charge in [0.25, 0.3) is 0 Å². The molecule has 2 aromatic rings. The number of nitrogens with two attached hydrogens (primary N) is 2. The van der Waals surface area contributed by atoms with Gasteiger partial charge in [0.1, 0.15) is 5.82 Å². The maximum atomic E-state index is 5.90. The molecule has 0 atom stereocenters. The van der Waals surface area contributed by atoms with Crippen LogP contribution in [0.4, 0.5) is 11.8 Å². The van der Waals surface area contributed by atoms with Gasteiger partial charge in [-0.1, -0.05) is 37.3 Å². The van der Waals surface area contributed by atoms with Crippen LogP contribution in [0.15, 0.2) is 30.3 Å². The van der Waals surface area contributed by atoms with Crippen molar-refractivity contribution in [1.29, 1.82) is 0 Å². The first-order valence-electron chi connectivity index (χ1n) is 7.15. The van der Waals surface area contributed by atoms with E-state index in [1.165, 1.54) is 5.56 Å². The van der Waals surface area contributed by atoms with E-state index in [-0.39, 0.29) is 5.95 Å². The van der Waals surface area contributed by atoms with Crippen molar-refractivity contribution in [1.82, 2.24) is 9.97 Å². The van der Waals surface area contributed by atoms with E-state index in [1.807, 2.05) is 6.07 Å². The van der Waals surface area contributed by atoms with Crippen LogP contribution in [0.3, 0.4) is 0 Å². The molecule has 106 valence electrons. The quantitative estimate of drug-likeness (QED) is 0.791. The summed E-state index contributed by atoms with van der Waals surface area (Å²) in [5, 5.41) is 0. The van der Waals surface area contributed by atoms with E-state index in [2.05, 4.69) is 41.2 Å². The van der Waals surface area contributed by atoms with Gasteiger partial charge < -0.3 is 11.5 Å². The molecule has 0 aliphatic heterocycles. The fourth-order valence-corrected chi connectivity index (χ4v) is 2.43. The zero-order valence-electron chi connectivity index (χ0n) is 12.0. The number of nitrogens with zero attached hydrogens (tertiary/aromatic N) is 2. The van der Waals surface area contributed by atoms with Crippen molar-refractivity contribution in [3.63, 3.8) is 0 Å². The maximum Gasteiger partial charge on any atom is 0.222 e. The fourth-order valence-electron chi connectivity index (χ4n) is 2.43. The van der Waals surface area contributed by atoms with E-state index in [4.69, 9.17) is 11.5 Å². The van der Waals surface area contributed by atoms with Crippen molar-refractivity contribution < 1.29 is 0 Å². The van der Waals surface area contributed by atoms with Crippen LogP contribution in [0.2, 0.25) is 0 Å². The molecule has 0 spiro atoms. The molecule has 0 radical (unpaired) electrons. The van der Waals surface area contributed by atoms with Crippen LogP contribution in [0.1, 0.15) is 36.6 Å². The van der Waals surface area contributed by atoms with Crippen molar-refractivity contribution in [2.45, 2.75) is 39.0 Å². The lowest BCUT2D eigenvalue weighted by Crippen LogP contribution is -2.08. The van der Waals surface area contributed by atoms with E-state index < -0.39 is 0 Å². The second kappa shape index (κ2) is 6.89. The Labute approximate surface area is 120 Å². The smallest absolute Gasteiger partial charge is 0.222 e. The molecular weight excluding hydrogens is 248 g/mol. The largest absolute Gasteiger partial charge is 0.383 e. The van der Waals surface area contributed by atoms with Crippen LogP contribution in [-0.4, -0.2) is 9.97 Å². The molecule has 1 heterocycles. The van der Waals surface area contributed by atoms with Crippen molar-refractivity contribution in [2.24, 2.45) is 0 Å². The molecule has 0 fully saturated rings. The number of aryl methyl sites for hydroxylation is 2. The summed E-state index contributed by atoms with van der Waals surface area (Å²) in [5.74, 6) is 0.802. The number of hydrogen-bond acceptors (Lipinski definition) is 4. The first-order valence-corrected chi connectivity index (χ1v) is 7.15. The maximum absolute atomic E-state index is 5.90. The van der Waals surface area contributed by atoms with E-state index in [1.54, 1.807) is 0 Å². The Kier molecular flexibility index (Phi) is 4.93. The molecule has 0 aliphatic carbocycles. The summed E-state index contributed by atoms with van der Waals surface area (Å²) in [7, 11) is 0. The van der Waals surface area contributed by atoms with Crippen molar-refractivity contribution in [3.8, 4) is 0 Å². The molecule has 4 N–H and O–H groups in total. The Morgan fingerprint density at radius 3 is 2.35 bits per heavy atom. The highest BCUT2D eigenvalue weighted by molar-refractivity contribution is 5.45. The highest BCUT2D eigenvalue weighted by Crippen LogP contribution is 2.18. The number of aromatic nitrogens is 2. The third kappa shape index (κ3) is 3.70. The molecule has 0 unspecified atom stereocenters. The molecule has 20 heavy (non-hydrogen) atoms. The summed E-state index contributed by atoms with van der Waals surface area (Å²) < 4.78 is 0. The average Bonchev–Trinajstić information content (AvgIpc) is 2.44. The fraction of sp³-hybridized carbons (Fsp3) is 0.375. The highest BCUT2D eigenvalue weighted by atomic mass is 15.0. The molecule has 4 heteroatoms. The molecule has 0 aliphatic rings. The number of hydrogen-bond donors (Lipinski definition) is 2. The molecule has 0 bridgehead atoms. The summed E-state index contributed by atoms with van der Waals surface area (Å²) in [5.41, 5.74) is 15.0. The Hall–Kier alpha value is -2.10. The highest BCUT2D eigenvalue weighted by Gasteiger charge is 2.09. The van der Waals surface area contributed by atoms with Crippen LogP contribution < -0.4 is 11.5 Å². The van der Waals surface area contributed by atoms with Crippen LogP contribution in [0.5, 0.6) is 0 Å². The lowest BCUT2D eigenvalue weighted by Gasteiger charge is -2.10. The van der Waals surface area contributed by atoms with Gasteiger partial charge in [-0.2, -0.15) is 4.98 Å². The van der Waals surface area contributed by atoms with Gasteiger partial charge in [-0.15, -0.1) is 0 Å². The summed E-state index contributed by atoms with van der Waals surface area (Å²) in [6.45, 7) is 2.07. The molecular formula is C16H22N4. The Morgan fingerprint density at radius 1 is 0.950 bits per heavy atom. The first kappa shape index (κ1) is 14.3. The SMILES string of the molecule is CCc1c(N)nc(N)nc1CCCCc1ccccc1. The number of anilines is 2. The summed E-state index contributed by atoms with van der Waals surface area (Å²) in [6, 6.07) is 10.5. The van der Waals surface area contributed by atoms with Gasteiger partial charge in [-0.05, 0) is 37.7 Å². The number of rotatable bonds is 6. The Balaban J connectivity index is 1.91. The van der Waals surface area contributed by atoms with Crippen LogP contribution >= 0.6 is 0 Å². The summed E-state index contributed by atoms with van der Waals surface area (Å²) >= 11 is 0. The van der Waals surface area contributed by atoms with Gasteiger partial charge >= 0.3 is 0 Å². The van der Waals surface area contributed by atoms with E-state index >= 15 is 0 Å². The third-order valence-corrected chi connectivity index (χ3v) is 3.47. The van der Waals surface area contributed by atoms with Gasteiger partial charge in [-0.3, -0.25) is 0 Å². The second-order valence-corrected chi connectivity index (χ2v) is 4.94. The number of benzene rings is 1. The summed E-state index contributed by atoms with van der Waals surface area (Å²) in [4.78, 5) is 8.36. The van der Waals surface area contributed by atoms with Crippen molar-refractivity contribution in [2.75, 3.05) is 11.5 Å². The van der Waals surface area contributed by atoms with E-state index in [0.717, 1.165) is 43.4 Å². The molecule has 1 aromatic heterocycles. The predicted molar refractivity (Wildman–Crippen MR) is 83.3 cm³/mol. The number of unbranched alkanes of at least 4 members (excludes halogenated alkanes) is 1. The van der Waals surface area contributed by atoms with Gasteiger partial charge in [0.2, 0.25) is 5.95 Å². The second-order valence-electron chi connectivity index (χ2n) is 4.94. The lowest BCUT2D eigenvalue weighted by atomic mass is 10.0.